The first-order chi connectivity index (χ1) is 11.3. The SMILES string of the molecule is N#Cc1cccc(-c2ccccc2C=NN=C2NC(=O)CS2)c1. The monoisotopic (exact) mass is 320 g/mol. The molecule has 0 spiro atoms. The lowest BCUT2D eigenvalue weighted by Crippen LogP contribution is -2.19. The van der Waals surface area contributed by atoms with Gasteiger partial charge in [0.15, 0.2) is 5.17 Å². The Morgan fingerprint density at radius 1 is 1.22 bits per heavy atom. The van der Waals surface area contributed by atoms with Crippen LogP contribution in [0, 0.1) is 11.3 Å². The van der Waals surface area contributed by atoms with E-state index in [0.29, 0.717) is 16.5 Å². The molecule has 6 heteroatoms. The number of benzene rings is 2. The van der Waals surface area contributed by atoms with Gasteiger partial charge in [0.2, 0.25) is 5.91 Å². The van der Waals surface area contributed by atoms with E-state index in [0.717, 1.165) is 16.7 Å². The van der Waals surface area contributed by atoms with Gasteiger partial charge in [-0.3, -0.25) is 4.79 Å². The molecule has 5 nitrogen and oxygen atoms in total. The highest BCUT2D eigenvalue weighted by atomic mass is 32.2. The summed E-state index contributed by atoms with van der Waals surface area (Å²) in [7, 11) is 0. The Balaban J connectivity index is 1.89. The van der Waals surface area contributed by atoms with E-state index in [1.807, 2.05) is 42.5 Å². The van der Waals surface area contributed by atoms with Crippen molar-refractivity contribution in [3.8, 4) is 17.2 Å². The van der Waals surface area contributed by atoms with Gasteiger partial charge in [-0.05, 0) is 23.3 Å². The third-order valence-electron chi connectivity index (χ3n) is 3.20. The number of amides is 1. The fraction of sp³-hybridized carbons (Fsp3) is 0.0588. The Labute approximate surface area is 137 Å². The van der Waals surface area contributed by atoms with Crippen molar-refractivity contribution in [2.24, 2.45) is 10.2 Å². The summed E-state index contributed by atoms with van der Waals surface area (Å²) in [6, 6.07) is 17.3. The third-order valence-corrected chi connectivity index (χ3v) is 4.06. The maximum absolute atomic E-state index is 11.1. The number of amidine groups is 1. The molecule has 0 saturated carbocycles. The van der Waals surface area contributed by atoms with Gasteiger partial charge < -0.3 is 5.32 Å². The van der Waals surface area contributed by atoms with E-state index in [2.05, 4.69) is 21.6 Å². The van der Waals surface area contributed by atoms with Crippen molar-refractivity contribution < 1.29 is 4.79 Å². The second-order valence-electron chi connectivity index (χ2n) is 4.77. The molecule has 1 aliphatic rings. The Morgan fingerprint density at radius 2 is 2.09 bits per heavy atom. The van der Waals surface area contributed by atoms with Crippen molar-refractivity contribution in [2.45, 2.75) is 0 Å². The highest BCUT2D eigenvalue weighted by Crippen LogP contribution is 2.23. The quantitative estimate of drug-likeness (QED) is 0.698. The van der Waals surface area contributed by atoms with Crippen LogP contribution in [0.3, 0.4) is 0 Å². The molecule has 0 aromatic heterocycles. The standard InChI is InChI=1S/C17H12N4OS/c18-9-12-4-3-6-13(8-12)15-7-2-1-5-14(15)10-19-21-17-20-16(22)11-23-17/h1-8,10H,11H2,(H,20,21,22). The lowest BCUT2D eigenvalue weighted by atomic mass is 9.99. The number of hydrogen-bond acceptors (Lipinski definition) is 5. The van der Waals surface area contributed by atoms with Gasteiger partial charge in [-0.1, -0.05) is 48.2 Å². The minimum Gasteiger partial charge on any atom is -0.303 e. The van der Waals surface area contributed by atoms with Crippen LogP contribution in [0.25, 0.3) is 11.1 Å². The summed E-state index contributed by atoms with van der Waals surface area (Å²) in [6.45, 7) is 0. The topological polar surface area (TPSA) is 77.6 Å². The Bertz CT molecular complexity index is 852. The van der Waals surface area contributed by atoms with Crippen molar-refractivity contribution in [3.63, 3.8) is 0 Å². The molecule has 1 aliphatic heterocycles. The maximum Gasteiger partial charge on any atom is 0.236 e. The van der Waals surface area contributed by atoms with E-state index >= 15 is 0 Å². The summed E-state index contributed by atoms with van der Waals surface area (Å²) in [6.07, 6.45) is 1.65. The molecule has 0 atom stereocenters. The van der Waals surface area contributed by atoms with E-state index in [1.165, 1.54) is 11.8 Å². The van der Waals surface area contributed by atoms with Crippen LogP contribution in [0.1, 0.15) is 11.1 Å². The lowest BCUT2D eigenvalue weighted by molar-refractivity contribution is -0.116. The van der Waals surface area contributed by atoms with Crippen LogP contribution in [-0.2, 0) is 4.79 Å². The lowest BCUT2D eigenvalue weighted by Gasteiger charge is -2.05. The summed E-state index contributed by atoms with van der Waals surface area (Å²) in [5.74, 6) is 0.323. The van der Waals surface area contributed by atoms with Crippen molar-refractivity contribution in [3.05, 3.63) is 59.7 Å². The minimum atomic E-state index is -0.0577. The number of nitrogens with zero attached hydrogens (tertiary/aromatic N) is 3. The Kier molecular flexibility index (Phi) is 4.50. The average molecular weight is 320 g/mol. The van der Waals surface area contributed by atoms with Gasteiger partial charge in [0.25, 0.3) is 0 Å². The van der Waals surface area contributed by atoms with Gasteiger partial charge in [0.05, 0.1) is 23.6 Å². The minimum absolute atomic E-state index is 0.0577. The van der Waals surface area contributed by atoms with Crippen LogP contribution in [0.15, 0.2) is 58.7 Å². The second kappa shape index (κ2) is 6.90. The highest BCUT2D eigenvalue weighted by molar-refractivity contribution is 8.15. The molecule has 0 radical (unpaired) electrons. The number of thioether (sulfide) groups is 1. The average Bonchev–Trinajstić information content (AvgIpc) is 3.01. The predicted molar refractivity (Wildman–Crippen MR) is 92.2 cm³/mol. The van der Waals surface area contributed by atoms with E-state index in [9.17, 15) is 4.79 Å². The molecule has 0 aliphatic carbocycles. The number of nitriles is 1. The summed E-state index contributed by atoms with van der Waals surface area (Å²) in [4.78, 5) is 11.1. The number of carbonyl (C=O) groups is 1. The van der Waals surface area contributed by atoms with Gasteiger partial charge in [-0.15, -0.1) is 5.10 Å². The largest absolute Gasteiger partial charge is 0.303 e. The Morgan fingerprint density at radius 3 is 2.87 bits per heavy atom. The van der Waals surface area contributed by atoms with Crippen LogP contribution >= 0.6 is 11.8 Å². The molecule has 0 unspecified atom stereocenters. The molecule has 1 heterocycles. The first-order valence-electron chi connectivity index (χ1n) is 6.89. The predicted octanol–water partition coefficient (Wildman–Crippen LogP) is 2.78. The molecular formula is C17H12N4OS. The summed E-state index contributed by atoms with van der Waals surface area (Å²) >= 11 is 1.33. The number of nitrogens with one attached hydrogen (secondary N) is 1. The van der Waals surface area contributed by atoms with Crippen molar-refractivity contribution in [1.82, 2.24) is 5.32 Å². The summed E-state index contributed by atoms with van der Waals surface area (Å²) < 4.78 is 0. The first-order valence-corrected chi connectivity index (χ1v) is 7.88. The molecule has 112 valence electrons. The van der Waals surface area contributed by atoms with Crippen LogP contribution in [0.5, 0.6) is 0 Å². The maximum atomic E-state index is 11.1. The first kappa shape index (κ1) is 15.0. The molecule has 1 N–H and O–H groups in total. The summed E-state index contributed by atoms with van der Waals surface area (Å²) in [5, 5.41) is 20.2. The van der Waals surface area contributed by atoms with Gasteiger partial charge >= 0.3 is 0 Å². The molecule has 1 amide bonds. The molecule has 0 bridgehead atoms. The van der Waals surface area contributed by atoms with Crippen LogP contribution in [0.2, 0.25) is 0 Å². The van der Waals surface area contributed by atoms with Crippen LogP contribution in [-0.4, -0.2) is 23.0 Å². The van der Waals surface area contributed by atoms with Crippen molar-refractivity contribution >= 4 is 29.1 Å². The molecule has 1 saturated heterocycles. The van der Waals surface area contributed by atoms with E-state index in [4.69, 9.17) is 5.26 Å². The van der Waals surface area contributed by atoms with E-state index in [-0.39, 0.29) is 5.91 Å². The van der Waals surface area contributed by atoms with Crippen molar-refractivity contribution in [1.29, 1.82) is 5.26 Å². The van der Waals surface area contributed by atoms with Crippen molar-refractivity contribution in [2.75, 3.05) is 5.75 Å². The fourth-order valence-corrected chi connectivity index (χ4v) is 2.78. The zero-order chi connectivity index (χ0) is 16.1. The Hall–Kier alpha value is -2.91. The molecule has 2 aromatic carbocycles. The van der Waals surface area contributed by atoms with Gasteiger partial charge in [0, 0.05) is 5.56 Å². The normalized spacial score (nSPS) is 15.8. The van der Waals surface area contributed by atoms with Gasteiger partial charge in [-0.2, -0.15) is 10.4 Å². The van der Waals surface area contributed by atoms with Gasteiger partial charge in [-0.25, -0.2) is 0 Å². The molecule has 23 heavy (non-hydrogen) atoms. The fourth-order valence-electron chi connectivity index (χ4n) is 2.15. The van der Waals surface area contributed by atoms with Crippen LogP contribution in [0.4, 0.5) is 0 Å². The van der Waals surface area contributed by atoms with E-state index < -0.39 is 0 Å². The molecule has 1 fully saturated rings. The number of hydrogen-bond donors (Lipinski definition) is 1. The number of carbonyl (C=O) groups excluding carboxylic acids is 1. The smallest absolute Gasteiger partial charge is 0.236 e. The number of rotatable bonds is 3. The van der Waals surface area contributed by atoms with Crippen LogP contribution < -0.4 is 5.32 Å². The summed E-state index contributed by atoms with van der Waals surface area (Å²) in [5.41, 5.74) is 3.42. The third kappa shape index (κ3) is 3.65. The van der Waals surface area contributed by atoms with E-state index in [1.54, 1.807) is 12.3 Å². The molecule has 3 rings (SSSR count). The zero-order valence-electron chi connectivity index (χ0n) is 12.1. The highest BCUT2D eigenvalue weighted by Gasteiger charge is 2.15. The van der Waals surface area contributed by atoms with Gasteiger partial charge in [0.1, 0.15) is 0 Å². The molecule has 2 aromatic rings. The zero-order valence-corrected chi connectivity index (χ0v) is 12.9. The second-order valence-corrected chi connectivity index (χ2v) is 5.73. The molecular weight excluding hydrogens is 308 g/mol.